The van der Waals surface area contributed by atoms with E-state index in [2.05, 4.69) is 94.4 Å². The Morgan fingerprint density at radius 3 is 2.51 bits per heavy atom. The number of aldehydes is 1. The van der Waals surface area contributed by atoms with Crippen molar-refractivity contribution in [2.24, 2.45) is 0 Å². The molecule has 0 bridgehead atoms. The maximum absolute atomic E-state index is 11.7. The van der Waals surface area contributed by atoms with Gasteiger partial charge in [-0.1, -0.05) is 66.7 Å². The fourth-order valence-electron chi connectivity index (χ4n) is 4.84. The van der Waals surface area contributed by atoms with Gasteiger partial charge in [0.1, 0.15) is 25.0 Å². The molecule has 2 aromatic heterocycles. The molecule has 5 aromatic rings. The van der Waals surface area contributed by atoms with Crippen LogP contribution >= 0.6 is 0 Å². The summed E-state index contributed by atoms with van der Waals surface area (Å²) in [6.45, 7) is 2.90. The second-order valence-electron chi connectivity index (χ2n) is 9.57. The molecule has 7 heteroatoms. The normalized spacial score (nSPS) is 14.8. The summed E-state index contributed by atoms with van der Waals surface area (Å²) in [6.07, 6.45) is 7.86. The molecule has 0 saturated heterocycles. The molecular formula is C32H28N6O. The van der Waals surface area contributed by atoms with E-state index in [9.17, 15) is 4.79 Å². The van der Waals surface area contributed by atoms with Gasteiger partial charge in [-0.2, -0.15) is 5.10 Å². The van der Waals surface area contributed by atoms with E-state index in [4.69, 9.17) is 4.98 Å². The molecule has 7 nitrogen and oxygen atoms in total. The first-order valence-corrected chi connectivity index (χ1v) is 13.0. The molecule has 1 aliphatic rings. The molecule has 0 radical (unpaired) electrons. The highest BCUT2D eigenvalue weighted by Crippen LogP contribution is 2.35. The summed E-state index contributed by atoms with van der Waals surface area (Å²) >= 11 is 0. The predicted molar refractivity (Wildman–Crippen MR) is 153 cm³/mol. The van der Waals surface area contributed by atoms with Crippen molar-refractivity contribution in [1.29, 1.82) is 0 Å². The number of carbonyl (C=O) groups is 1. The number of rotatable bonds is 8. The average molecular weight is 513 g/mol. The fraction of sp³-hybridized carbons (Fsp3) is 0.125. The minimum absolute atomic E-state index is 0.188. The largest absolute Gasteiger partial charge is 0.378 e. The first-order chi connectivity index (χ1) is 19.2. The third-order valence-corrected chi connectivity index (χ3v) is 7.07. The Hall–Kier alpha value is -4.88. The van der Waals surface area contributed by atoms with Gasteiger partial charge in [-0.25, -0.2) is 14.6 Å². The summed E-state index contributed by atoms with van der Waals surface area (Å²) in [5.74, 6) is 0. The van der Waals surface area contributed by atoms with Crippen LogP contribution in [0.25, 0.3) is 34.1 Å². The van der Waals surface area contributed by atoms with Gasteiger partial charge in [0.15, 0.2) is 0 Å². The van der Waals surface area contributed by atoms with E-state index >= 15 is 0 Å². The number of aromatic nitrogens is 4. The minimum atomic E-state index is -0.400. The van der Waals surface area contributed by atoms with Crippen LogP contribution in [0.2, 0.25) is 0 Å². The fourth-order valence-corrected chi connectivity index (χ4v) is 4.84. The number of benzene rings is 3. The Labute approximate surface area is 227 Å². The molecular weight excluding hydrogens is 484 g/mol. The number of hydrogen-bond donors (Lipinski definition) is 2. The Balaban J connectivity index is 1.21. The van der Waals surface area contributed by atoms with Crippen molar-refractivity contribution in [3.05, 3.63) is 126 Å². The van der Waals surface area contributed by atoms with E-state index in [1.807, 2.05) is 24.3 Å². The van der Waals surface area contributed by atoms with Gasteiger partial charge >= 0.3 is 0 Å². The van der Waals surface area contributed by atoms with Crippen LogP contribution in [0.1, 0.15) is 41.4 Å². The molecule has 0 saturated carbocycles. The molecule has 192 valence electrons. The number of carbonyl (C=O) groups excluding carboxylic acids is 1. The van der Waals surface area contributed by atoms with Crippen molar-refractivity contribution in [2.45, 2.75) is 25.6 Å². The molecule has 1 aliphatic heterocycles. The molecule has 3 heterocycles. The summed E-state index contributed by atoms with van der Waals surface area (Å²) in [6, 6.07) is 28.9. The topological polar surface area (TPSA) is 84.7 Å². The molecule has 3 aromatic carbocycles. The first-order valence-electron chi connectivity index (χ1n) is 13.0. The summed E-state index contributed by atoms with van der Waals surface area (Å²) in [4.78, 5) is 20.7. The molecule has 2 N–H and O–H groups in total. The third kappa shape index (κ3) is 5.12. The molecule has 0 amide bonds. The highest BCUT2D eigenvalue weighted by molar-refractivity contribution is 5.84. The van der Waals surface area contributed by atoms with E-state index in [1.54, 1.807) is 17.2 Å². The van der Waals surface area contributed by atoms with Crippen LogP contribution in [0.15, 0.2) is 104 Å². The van der Waals surface area contributed by atoms with Gasteiger partial charge in [0, 0.05) is 29.3 Å². The average Bonchev–Trinajstić information content (AvgIpc) is 3.55. The SMILES string of the molecule is CC(NCc1ccc(-c2nc3c(cc2-c2ccccc2)C(C=O)NC=C3)cc1)c1ccc(-n2cncn2)cc1. The van der Waals surface area contributed by atoms with Crippen molar-refractivity contribution < 1.29 is 4.79 Å². The molecule has 39 heavy (non-hydrogen) atoms. The second kappa shape index (κ2) is 10.8. The Kier molecular flexibility index (Phi) is 6.80. The van der Waals surface area contributed by atoms with Gasteiger partial charge in [0.05, 0.1) is 17.1 Å². The van der Waals surface area contributed by atoms with E-state index in [1.165, 1.54) is 17.5 Å². The molecule has 2 unspecified atom stereocenters. The zero-order valence-electron chi connectivity index (χ0n) is 21.5. The van der Waals surface area contributed by atoms with Gasteiger partial charge in [0.2, 0.25) is 0 Å². The number of nitrogens with one attached hydrogen (secondary N) is 2. The van der Waals surface area contributed by atoms with Crippen LogP contribution in [-0.2, 0) is 11.3 Å². The van der Waals surface area contributed by atoms with Crippen LogP contribution in [0.5, 0.6) is 0 Å². The van der Waals surface area contributed by atoms with Gasteiger partial charge < -0.3 is 15.4 Å². The van der Waals surface area contributed by atoms with Crippen LogP contribution in [0.4, 0.5) is 0 Å². The summed E-state index contributed by atoms with van der Waals surface area (Å²) in [5.41, 5.74) is 9.09. The number of hydrogen-bond acceptors (Lipinski definition) is 6. The van der Waals surface area contributed by atoms with E-state index in [0.717, 1.165) is 52.2 Å². The van der Waals surface area contributed by atoms with Crippen molar-refractivity contribution in [1.82, 2.24) is 30.4 Å². The highest BCUT2D eigenvalue weighted by Gasteiger charge is 2.21. The smallest absolute Gasteiger partial charge is 0.146 e. The van der Waals surface area contributed by atoms with Crippen LogP contribution < -0.4 is 10.6 Å². The maximum atomic E-state index is 11.7. The summed E-state index contributed by atoms with van der Waals surface area (Å²) < 4.78 is 1.75. The van der Waals surface area contributed by atoms with Crippen molar-refractivity contribution >= 4 is 12.4 Å². The molecule has 0 aliphatic carbocycles. The van der Waals surface area contributed by atoms with Gasteiger partial charge in [-0.15, -0.1) is 0 Å². The van der Waals surface area contributed by atoms with Gasteiger partial charge in [-0.3, -0.25) is 0 Å². The van der Waals surface area contributed by atoms with Crippen molar-refractivity contribution in [2.75, 3.05) is 0 Å². The third-order valence-electron chi connectivity index (χ3n) is 7.07. The van der Waals surface area contributed by atoms with Crippen molar-refractivity contribution in [3.8, 4) is 28.1 Å². The zero-order chi connectivity index (χ0) is 26.6. The lowest BCUT2D eigenvalue weighted by Gasteiger charge is -2.21. The number of pyridine rings is 1. The molecule has 2 atom stereocenters. The van der Waals surface area contributed by atoms with E-state index in [-0.39, 0.29) is 6.04 Å². The minimum Gasteiger partial charge on any atom is -0.378 e. The Morgan fingerprint density at radius 1 is 1.00 bits per heavy atom. The van der Waals surface area contributed by atoms with Gasteiger partial charge in [-0.05, 0) is 54.1 Å². The molecule has 0 fully saturated rings. The lowest BCUT2D eigenvalue weighted by Crippen LogP contribution is -2.21. The lowest BCUT2D eigenvalue weighted by atomic mass is 9.93. The first kappa shape index (κ1) is 24.5. The Morgan fingerprint density at radius 2 is 1.79 bits per heavy atom. The standard InChI is InChI=1S/C32H28N6O/c1-22(24-11-13-27(14-12-24)38-21-33-20-36-38)35-18-23-7-9-26(10-8-23)32-28(25-5-3-2-4-6-25)17-29-30(37-32)15-16-34-31(29)19-39/h2-17,19-22,31,34-35H,18H2,1H3. The van der Waals surface area contributed by atoms with Crippen LogP contribution in [-0.4, -0.2) is 26.0 Å². The monoisotopic (exact) mass is 512 g/mol. The highest BCUT2D eigenvalue weighted by atomic mass is 16.1. The lowest BCUT2D eigenvalue weighted by molar-refractivity contribution is -0.109. The van der Waals surface area contributed by atoms with Crippen molar-refractivity contribution in [3.63, 3.8) is 0 Å². The van der Waals surface area contributed by atoms with Crippen LogP contribution in [0, 0.1) is 0 Å². The summed E-state index contributed by atoms with van der Waals surface area (Å²) in [5, 5.41) is 10.9. The van der Waals surface area contributed by atoms with Gasteiger partial charge in [0.25, 0.3) is 0 Å². The number of nitrogens with zero attached hydrogens (tertiary/aromatic N) is 4. The number of fused-ring (bicyclic) bond motifs is 1. The van der Waals surface area contributed by atoms with E-state index in [0.29, 0.717) is 0 Å². The quantitative estimate of drug-likeness (QED) is 0.261. The molecule has 6 rings (SSSR count). The predicted octanol–water partition coefficient (Wildman–Crippen LogP) is 5.66. The maximum Gasteiger partial charge on any atom is 0.146 e. The van der Waals surface area contributed by atoms with Crippen LogP contribution in [0.3, 0.4) is 0 Å². The Bertz CT molecular complexity index is 1590. The van der Waals surface area contributed by atoms with E-state index < -0.39 is 6.04 Å². The zero-order valence-corrected chi connectivity index (χ0v) is 21.5. The second-order valence-corrected chi connectivity index (χ2v) is 9.57. The summed E-state index contributed by atoms with van der Waals surface area (Å²) in [7, 11) is 0. The molecule has 0 spiro atoms.